The average Bonchev–Trinajstić information content (AvgIpc) is 3.02. The molecule has 11 nitrogen and oxygen atoms in total. The van der Waals surface area contributed by atoms with Gasteiger partial charge in [0.2, 0.25) is 0 Å². The lowest BCUT2D eigenvalue weighted by Crippen LogP contribution is -2.39. The van der Waals surface area contributed by atoms with E-state index < -0.39 is 22.8 Å². The molecule has 0 radical (unpaired) electrons. The van der Waals surface area contributed by atoms with Crippen LogP contribution in [0.15, 0.2) is 48.7 Å². The summed E-state index contributed by atoms with van der Waals surface area (Å²) < 4.78 is 6.55. The molecule has 0 bridgehead atoms. The van der Waals surface area contributed by atoms with Crippen molar-refractivity contribution in [2.75, 3.05) is 6.61 Å². The lowest BCUT2D eigenvalue weighted by molar-refractivity contribution is -0.739. The van der Waals surface area contributed by atoms with E-state index in [1.54, 1.807) is 37.3 Å². The van der Waals surface area contributed by atoms with E-state index in [0.29, 0.717) is 23.5 Å². The van der Waals surface area contributed by atoms with Gasteiger partial charge in [-0.2, -0.15) is 0 Å². The van der Waals surface area contributed by atoms with Crippen LogP contribution in [-0.2, 0) is 20.9 Å². The maximum absolute atomic E-state index is 11.7. The first-order valence-electron chi connectivity index (χ1n) is 7.78. The van der Waals surface area contributed by atoms with E-state index in [0.717, 1.165) is 0 Å². The van der Waals surface area contributed by atoms with Crippen LogP contribution in [0.3, 0.4) is 0 Å². The molecule has 0 saturated carbocycles. The van der Waals surface area contributed by atoms with Gasteiger partial charge in [0.1, 0.15) is 4.92 Å². The van der Waals surface area contributed by atoms with Gasteiger partial charge in [-0.1, -0.05) is 18.2 Å². The number of nitrogens with zero attached hydrogens (tertiary/aromatic N) is 2. The van der Waals surface area contributed by atoms with Crippen molar-refractivity contribution in [3.05, 3.63) is 70.2 Å². The van der Waals surface area contributed by atoms with E-state index in [-0.39, 0.29) is 19.0 Å². The number of carboxylic acid groups (broad SMARTS) is 2. The SMILES string of the molecule is Cc1[nH]cc([N+](=O)[O-])[n+]1CCOC(=O)c1ccccc1.O=C([O-])/C=C\C(=O)O. The summed E-state index contributed by atoms with van der Waals surface area (Å²) in [5.41, 5.74) is 0.456. The van der Waals surface area contributed by atoms with Crippen LogP contribution in [0.4, 0.5) is 5.82 Å². The number of H-pyrrole nitrogens is 1. The van der Waals surface area contributed by atoms with Gasteiger partial charge in [0.25, 0.3) is 5.82 Å². The van der Waals surface area contributed by atoms with E-state index >= 15 is 0 Å². The normalized spacial score (nSPS) is 10.0. The van der Waals surface area contributed by atoms with Gasteiger partial charge in [0.15, 0.2) is 19.3 Å². The van der Waals surface area contributed by atoms with Gasteiger partial charge in [-0.05, 0) is 18.2 Å². The molecular weight excluding hydrogens is 374 g/mol. The maximum Gasteiger partial charge on any atom is 0.519 e. The van der Waals surface area contributed by atoms with Gasteiger partial charge in [0, 0.05) is 13.0 Å². The van der Waals surface area contributed by atoms with Crippen molar-refractivity contribution < 1.29 is 38.8 Å². The number of aromatic nitrogens is 2. The van der Waals surface area contributed by atoms with Crippen molar-refractivity contribution in [3.8, 4) is 0 Å². The maximum atomic E-state index is 11.7. The lowest BCUT2D eigenvalue weighted by atomic mass is 10.2. The Morgan fingerprint density at radius 3 is 2.39 bits per heavy atom. The topological polar surface area (TPSA) is 167 Å². The number of carboxylic acids is 2. The number of aromatic amines is 1. The number of nitrogens with one attached hydrogen (secondary N) is 1. The Labute approximate surface area is 158 Å². The minimum absolute atomic E-state index is 0.0572. The van der Waals surface area contributed by atoms with Gasteiger partial charge >= 0.3 is 17.8 Å². The second-order valence-electron chi connectivity index (χ2n) is 5.13. The Hall–Kier alpha value is -4.02. The van der Waals surface area contributed by atoms with Crippen LogP contribution in [-0.4, -0.2) is 39.5 Å². The Bertz CT molecular complexity index is 858. The van der Waals surface area contributed by atoms with E-state index in [9.17, 15) is 29.6 Å². The fourth-order valence-corrected chi connectivity index (χ4v) is 1.96. The van der Waals surface area contributed by atoms with E-state index in [1.807, 2.05) is 0 Å². The number of hydrogen-bond donors (Lipinski definition) is 2. The van der Waals surface area contributed by atoms with Crippen molar-refractivity contribution in [3.63, 3.8) is 0 Å². The molecule has 0 saturated heterocycles. The van der Waals surface area contributed by atoms with Crippen molar-refractivity contribution >= 4 is 23.7 Å². The number of aliphatic carboxylic acids is 2. The van der Waals surface area contributed by atoms with Gasteiger partial charge in [-0.25, -0.2) is 9.59 Å². The van der Waals surface area contributed by atoms with E-state index in [1.165, 1.54) is 10.8 Å². The van der Waals surface area contributed by atoms with Crippen LogP contribution in [0, 0.1) is 17.0 Å². The molecule has 0 aliphatic rings. The number of rotatable bonds is 7. The molecule has 148 valence electrons. The molecule has 0 aliphatic carbocycles. The quantitative estimate of drug-likeness (QED) is 0.214. The summed E-state index contributed by atoms with van der Waals surface area (Å²) in [5.74, 6) is -2.67. The Morgan fingerprint density at radius 2 is 1.89 bits per heavy atom. The highest BCUT2D eigenvalue weighted by molar-refractivity contribution is 5.89. The second-order valence-corrected chi connectivity index (χ2v) is 5.13. The number of imidazole rings is 1. The number of esters is 1. The first-order valence-corrected chi connectivity index (χ1v) is 7.78. The van der Waals surface area contributed by atoms with E-state index in [2.05, 4.69) is 4.98 Å². The standard InChI is InChI=1S/C13H13N3O4.C4H4O4/c1-10-14-9-12(16(18)19)15(10)7-8-20-13(17)11-5-3-2-4-6-11;5-3(6)1-2-4(7)8/h2-6,9H,7-8H2,1H3;1-2H,(H,5,6)(H,7,8)/b;2-1-. The first-order chi connectivity index (χ1) is 13.2. The fourth-order valence-electron chi connectivity index (χ4n) is 1.96. The largest absolute Gasteiger partial charge is 0.545 e. The molecule has 28 heavy (non-hydrogen) atoms. The van der Waals surface area contributed by atoms with Crippen LogP contribution >= 0.6 is 0 Å². The Morgan fingerprint density at radius 1 is 1.25 bits per heavy atom. The van der Waals surface area contributed by atoms with Crippen LogP contribution in [0.5, 0.6) is 0 Å². The zero-order valence-corrected chi connectivity index (χ0v) is 14.7. The van der Waals surface area contributed by atoms with Gasteiger partial charge < -0.3 is 24.7 Å². The zero-order chi connectivity index (χ0) is 21.1. The monoisotopic (exact) mass is 391 g/mol. The molecule has 1 aromatic carbocycles. The zero-order valence-electron chi connectivity index (χ0n) is 14.7. The van der Waals surface area contributed by atoms with Gasteiger partial charge in [-0.15, -0.1) is 4.57 Å². The third-order valence-corrected chi connectivity index (χ3v) is 3.20. The van der Waals surface area contributed by atoms with Crippen LogP contribution < -0.4 is 9.67 Å². The smallest absolute Gasteiger partial charge is 0.519 e. The minimum atomic E-state index is -1.51. The summed E-state index contributed by atoms with van der Waals surface area (Å²) in [5, 5.41) is 28.0. The van der Waals surface area contributed by atoms with Crippen molar-refractivity contribution in [1.82, 2.24) is 4.98 Å². The summed E-state index contributed by atoms with van der Waals surface area (Å²) in [6.45, 7) is 2.01. The highest BCUT2D eigenvalue weighted by Gasteiger charge is 2.26. The third kappa shape index (κ3) is 7.47. The minimum Gasteiger partial charge on any atom is -0.545 e. The molecule has 11 heteroatoms. The molecule has 0 spiro atoms. The number of aryl methyl sites for hydroxylation is 1. The molecule has 0 aliphatic heterocycles. The molecule has 1 aromatic heterocycles. The molecule has 0 fully saturated rings. The van der Waals surface area contributed by atoms with Crippen LogP contribution in [0.2, 0.25) is 0 Å². The molecule has 0 amide bonds. The third-order valence-electron chi connectivity index (χ3n) is 3.20. The summed E-state index contributed by atoms with van der Waals surface area (Å²) in [7, 11) is 0. The van der Waals surface area contributed by atoms with Crippen LogP contribution in [0.25, 0.3) is 0 Å². The molecule has 1 heterocycles. The summed E-state index contributed by atoms with van der Waals surface area (Å²) in [4.78, 5) is 43.8. The molecule has 2 rings (SSSR count). The number of hydrogen-bond acceptors (Lipinski definition) is 7. The Kier molecular flexibility index (Phi) is 8.54. The second kappa shape index (κ2) is 10.9. The number of benzene rings is 1. The van der Waals surface area contributed by atoms with E-state index in [4.69, 9.17) is 9.84 Å². The number of carbonyl (C=O) groups excluding carboxylic acids is 2. The van der Waals surface area contributed by atoms with Crippen molar-refractivity contribution in [2.24, 2.45) is 0 Å². The average molecular weight is 391 g/mol. The van der Waals surface area contributed by atoms with Crippen molar-refractivity contribution in [2.45, 2.75) is 13.5 Å². The number of carbonyl (C=O) groups is 3. The molecule has 0 unspecified atom stereocenters. The molecule has 2 aromatic rings. The highest BCUT2D eigenvalue weighted by Crippen LogP contribution is 2.04. The van der Waals surface area contributed by atoms with Crippen LogP contribution in [0.1, 0.15) is 16.2 Å². The summed E-state index contributed by atoms with van der Waals surface area (Å²) in [6.07, 6.45) is 2.26. The Balaban J connectivity index is 0.000000416. The summed E-state index contributed by atoms with van der Waals surface area (Å²) >= 11 is 0. The number of ether oxygens (including phenoxy) is 1. The lowest BCUT2D eigenvalue weighted by Gasteiger charge is -2.02. The summed E-state index contributed by atoms with van der Waals surface area (Å²) in [6, 6.07) is 8.59. The molecule has 2 N–H and O–H groups in total. The predicted molar refractivity (Wildman–Crippen MR) is 90.9 cm³/mol. The number of nitro groups is 1. The highest BCUT2D eigenvalue weighted by atomic mass is 16.6. The van der Waals surface area contributed by atoms with Gasteiger partial charge in [-0.3, -0.25) is 10.1 Å². The first kappa shape index (κ1) is 22.0. The van der Waals surface area contributed by atoms with Gasteiger partial charge in [0.05, 0.1) is 11.5 Å². The van der Waals surface area contributed by atoms with Crippen molar-refractivity contribution in [1.29, 1.82) is 0 Å². The molecular formula is C17H17N3O8. The molecule has 0 atom stereocenters. The fraction of sp³-hybridized carbons (Fsp3) is 0.176. The predicted octanol–water partition coefficient (Wildman–Crippen LogP) is -0.247.